The van der Waals surface area contributed by atoms with Crippen LogP contribution in [0.15, 0.2) is 36.4 Å². The molecule has 2 aromatic rings. The minimum absolute atomic E-state index is 0.0234. The van der Waals surface area contributed by atoms with E-state index in [1.807, 2.05) is 0 Å². The molecule has 5 heteroatoms. The summed E-state index contributed by atoms with van der Waals surface area (Å²) >= 11 is 0. The Hall–Kier alpha value is -2.43. The number of halogens is 2. The molecule has 0 saturated heterocycles. The molecule has 3 nitrogen and oxygen atoms in total. The first-order valence-corrected chi connectivity index (χ1v) is 5.00. The molecule has 92 valence electrons. The summed E-state index contributed by atoms with van der Waals surface area (Å²) in [6, 6.07) is 5.86. The van der Waals surface area contributed by atoms with E-state index in [0.717, 1.165) is 24.3 Å². The first-order chi connectivity index (χ1) is 8.47. The Morgan fingerprint density at radius 3 is 2.00 bits per heavy atom. The predicted molar refractivity (Wildman–Crippen MR) is 59.6 cm³/mol. The van der Waals surface area contributed by atoms with Gasteiger partial charge in [-0.05, 0) is 30.3 Å². The smallest absolute Gasteiger partial charge is 0.193 e. The van der Waals surface area contributed by atoms with Crippen LogP contribution in [0.25, 0.3) is 0 Å². The van der Waals surface area contributed by atoms with Crippen molar-refractivity contribution in [3.05, 3.63) is 59.2 Å². The standard InChI is InChI=1S/C13H8F2O3/c14-9-3-8(4-10(15)6-9)13(18)7-1-2-11(16)12(17)5-7/h1-6,16-17H. The van der Waals surface area contributed by atoms with Gasteiger partial charge in [-0.1, -0.05) is 0 Å². The molecule has 0 fully saturated rings. The van der Waals surface area contributed by atoms with Crippen molar-refractivity contribution in [3.63, 3.8) is 0 Å². The zero-order valence-electron chi connectivity index (χ0n) is 9.02. The number of phenols is 2. The molecule has 2 aromatic carbocycles. The summed E-state index contributed by atoms with van der Waals surface area (Å²) in [4.78, 5) is 11.9. The number of rotatable bonds is 2. The normalized spacial score (nSPS) is 10.3. The van der Waals surface area contributed by atoms with Crippen molar-refractivity contribution in [1.82, 2.24) is 0 Å². The van der Waals surface area contributed by atoms with Gasteiger partial charge in [0, 0.05) is 17.2 Å². The number of hydrogen-bond donors (Lipinski definition) is 2. The van der Waals surface area contributed by atoms with Gasteiger partial charge in [-0.2, -0.15) is 0 Å². The predicted octanol–water partition coefficient (Wildman–Crippen LogP) is 2.61. The number of aromatic hydroxyl groups is 2. The summed E-state index contributed by atoms with van der Waals surface area (Å²) in [5, 5.41) is 18.4. The van der Waals surface area contributed by atoms with Crippen molar-refractivity contribution in [2.45, 2.75) is 0 Å². The summed E-state index contributed by atoms with van der Waals surface area (Å²) in [5.74, 6) is -3.22. The highest BCUT2D eigenvalue weighted by molar-refractivity contribution is 6.09. The van der Waals surface area contributed by atoms with Gasteiger partial charge in [-0.3, -0.25) is 4.79 Å². The fourth-order valence-electron chi connectivity index (χ4n) is 1.52. The van der Waals surface area contributed by atoms with E-state index in [-0.39, 0.29) is 16.9 Å². The molecule has 0 atom stereocenters. The molecule has 0 unspecified atom stereocenters. The van der Waals surface area contributed by atoms with Crippen LogP contribution in [0.1, 0.15) is 15.9 Å². The summed E-state index contributed by atoms with van der Waals surface area (Å²) in [6.07, 6.45) is 0. The highest BCUT2D eigenvalue weighted by atomic mass is 19.1. The second-order valence-electron chi connectivity index (χ2n) is 3.69. The number of phenolic OH excluding ortho intramolecular Hbond substituents is 2. The van der Waals surface area contributed by atoms with Crippen molar-refractivity contribution in [2.75, 3.05) is 0 Å². The average Bonchev–Trinajstić information content (AvgIpc) is 2.30. The van der Waals surface area contributed by atoms with Gasteiger partial charge >= 0.3 is 0 Å². The molecule has 0 aliphatic heterocycles. The van der Waals surface area contributed by atoms with Gasteiger partial charge in [-0.15, -0.1) is 0 Å². The molecule has 0 amide bonds. The molecule has 0 bridgehead atoms. The van der Waals surface area contributed by atoms with Crippen LogP contribution >= 0.6 is 0 Å². The second-order valence-corrected chi connectivity index (χ2v) is 3.69. The van der Waals surface area contributed by atoms with Crippen molar-refractivity contribution >= 4 is 5.78 Å². The van der Waals surface area contributed by atoms with Gasteiger partial charge in [0.1, 0.15) is 11.6 Å². The van der Waals surface area contributed by atoms with Crippen molar-refractivity contribution in [1.29, 1.82) is 0 Å². The van der Waals surface area contributed by atoms with E-state index in [1.165, 1.54) is 6.07 Å². The Kier molecular flexibility index (Phi) is 2.97. The van der Waals surface area contributed by atoms with Gasteiger partial charge < -0.3 is 10.2 Å². The maximum atomic E-state index is 13.0. The summed E-state index contributed by atoms with van der Waals surface area (Å²) in [6.45, 7) is 0. The minimum atomic E-state index is -0.860. The highest BCUT2D eigenvalue weighted by Gasteiger charge is 2.13. The molecule has 18 heavy (non-hydrogen) atoms. The molecule has 0 aromatic heterocycles. The fourth-order valence-corrected chi connectivity index (χ4v) is 1.52. The third-order valence-corrected chi connectivity index (χ3v) is 2.36. The zero-order valence-corrected chi connectivity index (χ0v) is 9.02. The Labute approximate surface area is 101 Å². The minimum Gasteiger partial charge on any atom is -0.504 e. The van der Waals surface area contributed by atoms with Crippen LogP contribution < -0.4 is 0 Å². The van der Waals surface area contributed by atoms with Gasteiger partial charge in [0.2, 0.25) is 0 Å². The van der Waals surface area contributed by atoms with Gasteiger partial charge in [-0.25, -0.2) is 8.78 Å². The maximum Gasteiger partial charge on any atom is 0.193 e. The molecule has 0 aliphatic carbocycles. The van der Waals surface area contributed by atoms with Crippen molar-refractivity contribution < 1.29 is 23.8 Å². The van der Waals surface area contributed by atoms with E-state index in [1.54, 1.807) is 0 Å². The van der Waals surface area contributed by atoms with Crippen molar-refractivity contribution in [3.8, 4) is 11.5 Å². The first-order valence-electron chi connectivity index (χ1n) is 5.00. The molecule has 0 heterocycles. The zero-order chi connectivity index (χ0) is 13.3. The Balaban J connectivity index is 2.44. The van der Waals surface area contributed by atoms with E-state index < -0.39 is 23.2 Å². The van der Waals surface area contributed by atoms with E-state index in [4.69, 9.17) is 5.11 Å². The monoisotopic (exact) mass is 250 g/mol. The molecule has 2 N–H and O–H groups in total. The SMILES string of the molecule is O=C(c1cc(F)cc(F)c1)c1ccc(O)c(O)c1. The average molecular weight is 250 g/mol. The van der Waals surface area contributed by atoms with Crippen LogP contribution in [0, 0.1) is 11.6 Å². The van der Waals surface area contributed by atoms with Crippen LogP contribution in [0.2, 0.25) is 0 Å². The summed E-state index contributed by atoms with van der Waals surface area (Å²) in [7, 11) is 0. The van der Waals surface area contributed by atoms with Crippen LogP contribution in [0.5, 0.6) is 11.5 Å². The Morgan fingerprint density at radius 1 is 0.833 bits per heavy atom. The number of hydrogen-bond acceptors (Lipinski definition) is 3. The van der Waals surface area contributed by atoms with E-state index in [2.05, 4.69) is 0 Å². The second kappa shape index (κ2) is 4.44. The highest BCUT2D eigenvalue weighted by Crippen LogP contribution is 2.26. The number of carbonyl (C=O) groups is 1. The lowest BCUT2D eigenvalue weighted by molar-refractivity contribution is 0.103. The Bertz CT molecular complexity index is 603. The maximum absolute atomic E-state index is 13.0. The van der Waals surface area contributed by atoms with Gasteiger partial charge in [0.15, 0.2) is 17.3 Å². The lowest BCUT2D eigenvalue weighted by Gasteiger charge is -2.04. The van der Waals surface area contributed by atoms with E-state index in [9.17, 15) is 18.7 Å². The number of ketones is 1. The first kappa shape index (κ1) is 12.0. The number of carbonyl (C=O) groups excluding carboxylic acids is 1. The summed E-state index contributed by atoms with van der Waals surface area (Å²) in [5.41, 5.74) is -0.145. The molecule has 0 saturated carbocycles. The van der Waals surface area contributed by atoms with Gasteiger partial charge in [0.05, 0.1) is 0 Å². The van der Waals surface area contributed by atoms with Gasteiger partial charge in [0.25, 0.3) is 0 Å². The van der Waals surface area contributed by atoms with Crippen LogP contribution in [-0.2, 0) is 0 Å². The molecular formula is C13H8F2O3. The number of benzene rings is 2. The van der Waals surface area contributed by atoms with E-state index >= 15 is 0 Å². The molecule has 0 aliphatic rings. The summed E-state index contributed by atoms with van der Waals surface area (Å²) < 4.78 is 25.9. The topological polar surface area (TPSA) is 57.5 Å². The third kappa shape index (κ3) is 2.29. The molecular weight excluding hydrogens is 242 g/mol. The van der Waals surface area contributed by atoms with E-state index in [0.29, 0.717) is 6.07 Å². The molecule has 0 radical (unpaired) electrons. The van der Waals surface area contributed by atoms with Crippen LogP contribution in [0.3, 0.4) is 0 Å². The quantitative estimate of drug-likeness (QED) is 0.636. The molecule has 0 spiro atoms. The van der Waals surface area contributed by atoms with Crippen LogP contribution in [0.4, 0.5) is 8.78 Å². The Morgan fingerprint density at radius 2 is 1.44 bits per heavy atom. The largest absolute Gasteiger partial charge is 0.504 e. The lowest BCUT2D eigenvalue weighted by Crippen LogP contribution is -2.02. The molecule has 2 rings (SSSR count). The fraction of sp³-hybridized carbons (Fsp3) is 0. The lowest BCUT2D eigenvalue weighted by atomic mass is 10.0. The van der Waals surface area contributed by atoms with Crippen molar-refractivity contribution in [2.24, 2.45) is 0 Å². The van der Waals surface area contributed by atoms with Crippen LogP contribution in [-0.4, -0.2) is 16.0 Å². The third-order valence-electron chi connectivity index (χ3n) is 2.36.